The summed E-state index contributed by atoms with van der Waals surface area (Å²) in [4.78, 5) is 0. The summed E-state index contributed by atoms with van der Waals surface area (Å²) in [6.45, 7) is 27.5. The Hall–Kier alpha value is -1.56. The van der Waals surface area contributed by atoms with Crippen LogP contribution in [0.4, 0.5) is 0 Å². The van der Waals surface area contributed by atoms with Crippen molar-refractivity contribution in [1.82, 2.24) is 0 Å². The van der Waals surface area contributed by atoms with Gasteiger partial charge >= 0.3 is 0 Å². The summed E-state index contributed by atoms with van der Waals surface area (Å²) in [7, 11) is 0. The third-order valence-electron chi connectivity index (χ3n) is 6.19. The van der Waals surface area contributed by atoms with Gasteiger partial charge in [-0.2, -0.15) is 0 Å². The van der Waals surface area contributed by atoms with Crippen molar-refractivity contribution in [2.45, 2.75) is 126 Å². The average molecular weight is 451 g/mol. The molecule has 0 saturated heterocycles. The lowest BCUT2D eigenvalue weighted by Gasteiger charge is -2.20. The zero-order chi connectivity index (χ0) is 25.5. The van der Waals surface area contributed by atoms with E-state index in [1.54, 1.807) is 0 Å². The molecule has 0 aliphatic rings. The van der Waals surface area contributed by atoms with Crippen LogP contribution >= 0.6 is 0 Å². The van der Waals surface area contributed by atoms with E-state index in [0.717, 1.165) is 0 Å². The van der Waals surface area contributed by atoms with Crippen LogP contribution in [0.2, 0.25) is 0 Å². The van der Waals surface area contributed by atoms with Gasteiger partial charge in [-0.1, -0.05) is 151 Å². The normalized spacial score (nSPS) is 12.8. The Labute approximate surface area is 207 Å². The van der Waals surface area contributed by atoms with Gasteiger partial charge in [0.15, 0.2) is 0 Å². The molecule has 0 bridgehead atoms. The highest BCUT2D eigenvalue weighted by atomic mass is 14.2. The Bertz CT molecular complexity index is 720. The van der Waals surface area contributed by atoms with E-state index in [2.05, 4.69) is 132 Å². The minimum absolute atomic E-state index is 0.217. The van der Waals surface area contributed by atoms with Crippen LogP contribution in [0.15, 0.2) is 48.5 Å². The van der Waals surface area contributed by atoms with Crippen molar-refractivity contribution in [2.75, 3.05) is 0 Å². The lowest BCUT2D eigenvalue weighted by molar-refractivity contribution is 0.330. The predicted octanol–water partition coefficient (Wildman–Crippen LogP) is 11.0. The van der Waals surface area contributed by atoms with E-state index in [-0.39, 0.29) is 10.8 Å². The quantitative estimate of drug-likeness (QED) is 0.397. The first-order chi connectivity index (χ1) is 14.9. The zero-order valence-corrected chi connectivity index (χ0v) is 24.2. The van der Waals surface area contributed by atoms with E-state index >= 15 is 0 Å². The van der Waals surface area contributed by atoms with Crippen molar-refractivity contribution in [3.8, 4) is 11.1 Å². The molecule has 0 radical (unpaired) electrons. The zero-order valence-electron chi connectivity index (χ0n) is 24.2. The molecule has 2 rings (SSSR count). The molecule has 0 amide bonds. The molecule has 2 aromatic rings. The number of unbranched alkanes of at least 4 members (excludes halogenated alkanes) is 2. The van der Waals surface area contributed by atoms with Gasteiger partial charge in [-0.3, -0.25) is 0 Å². The molecular formula is C33H54. The smallest absolute Gasteiger partial charge is 0.0132 e. The van der Waals surface area contributed by atoms with Crippen LogP contribution in [0.5, 0.6) is 0 Å². The first-order valence-corrected chi connectivity index (χ1v) is 13.1. The van der Waals surface area contributed by atoms with E-state index in [4.69, 9.17) is 0 Å². The van der Waals surface area contributed by atoms with E-state index < -0.39 is 0 Å². The topological polar surface area (TPSA) is 0 Å². The van der Waals surface area contributed by atoms with Crippen LogP contribution in [0.25, 0.3) is 11.1 Å². The van der Waals surface area contributed by atoms with Gasteiger partial charge in [0, 0.05) is 0 Å². The average Bonchev–Trinajstić information content (AvgIpc) is 2.65. The second-order valence-corrected chi connectivity index (χ2v) is 14.3. The summed E-state index contributed by atoms with van der Waals surface area (Å²) in [5.41, 5.74) is 6.84. The summed E-state index contributed by atoms with van der Waals surface area (Å²) >= 11 is 0. The Morgan fingerprint density at radius 3 is 0.879 bits per heavy atom. The van der Waals surface area contributed by atoms with E-state index in [0.29, 0.717) is 10.8 Å². The van der Waals surface area contributed by atoms with Crippen LogP contribution in [-0.2, 0) is 10.8 Å². The maximum Gasteiger partial charge on any atom is -0.0132 e. The highest BCUT2D eigenvalue weighted by Gasteiger charge is 2.15. The van der Waals surface area contributed by atoms with Gasteiger partial charge in [-0.05, 0) is 56.8 Å². The summed E-state index contributed by atoms with van der Waals surface area (Å²) in [5, 5.41) is 0. The number of hydrogen-bond acceptors (Lipinski definition) is 0. The highest BCUT2D eigenvalue weighted by molar-refractivity contribution is 5.64. The van der Waals surface area contributed by atoms with E-state index in [1.807, 2.05) is 0 Å². The Kier molecular flexibility index (Phi) is 10.5. The second kappa shape index (κ2) is 11.7. The molecule has 0 atom stereocenters. The fourth-order valence-electron chi connectivity index (χ4n) is 3.81. The SMILES string of the molecule is CC(C)(C)CCCCCC(C)(C)C.CC(C)(C)c1ccc(-c2ccc(C(C)(C)C)cc2)cc1. The van der Waals surface area contributed by atoms with Crippen LogP contribution in [-0.4, -0.2) is 0 Å². The number of rotatable bonds is 5. The van der Waals surface area contributed by atoms with Crippen LogP contribution in [0, 0.1) is 10.8 Å². The van der Waals surface area contributed by atoms with Crippen LogP contribution < -0.4 is 0 Å². The molecule has 0 aliphatic heterocycles. The summed E-state index contributed by atoms with van der Waals surface area (Å²) in [6.07, 6.45) is 6.96. The standard InChI is InChI=1S/C20H26.C13H28/c1-19(2,3)17-11-7-15(8-12-17)16-9-13-18(14-10-16)20(4,5)6;1-12(2,3)10-8-7-9-11-13(4,5)6/h7-14H,1-6H3;7-11H2,1-6H3. The van der Waals surface area contributed by atoms with Crippen molar-refractivity contribution in [3.05, 3.63) is 59.7 Å². The summed E-state index contributed by atoms with van der Waals surface area (Å²) in [5.74, 6) is 0. The lowest BCUT2D eigenvalue weighted by atomic mass is 9.85. The van der Waals surface area contributed by atoms with Crippen molar-refractivity contribution >= 4 is 0 Å². The Morgan fingerprint density at radius 1 is 0.394 bits per heavy atom. The Balaban J connectivity index is 0.000000366. The fraction of sp³-hybridized carbons (Fsp3) is 0.636. The molecule has 0 heteroatoms. The third-order valence-corrected chi connectivity index (χ3v) is 6.19. The lowest BCUT2D eigenvalue weighted by Crippen LogP contribution is -2.10. The molecule has 33 heavy (non-hydrogen) atoms. The minimum atomic E-state index is 0.217. The van der Waals surface area contributed by atoms with Gasteiger partial charge in [0.1, 0.15) is 0 Å². The van der Waals surface area contributed by atoms with Crippen LogP contribution in [0.1, 0.15) is 126 Å². The highest BCUT2D eigenvalue weighted by Crippen LogP contribution is 2.29. The van der Waals surface area contributed by atoms with Crippen molar-refractivity contribution in [3.63, 3.8) is 0 Å². The monoisotopic (exact) mass is 450 g/mol. The van der Waals surface area contributed by atoms with Gasteiger partial charge in [0.05, 0.1) is 0 Å². The molecule has 0 nitrogen and oxygen atoms in total. The maximum absolute atomic E-state index is 2.33. The van der Waals surface area contributed by atoms with Gasteiger partial charge in [0.25, 0.3) is 0 Å². The molecule has 0 aliphatic carbocycles. The maximum atomic E-state index is 2.33. The third kappa shape index (κ3) is 12.5. The molecule has 0 N–H and O–H groups in total. The molecule has 0 saturated carbocycles. The molecular weight excluding hydrogens is 396 g/mol. The first kappa shape index (κ1) is 29.5. The molecule has 0 heterocycles. The number of hydrogen-bond donors (Lipinski definition) is 0. The molecule has 186 valence electrons. The second-order valence-electron chi connectivity index (χ2n) is 14.3. The minimum Gasteiger partial charge on any atom is -0.0602 e. The largest absolute Gasteiger partial charge is 0.0602 e. The summed E-state index contributed by atoms with van der Waals surface area (Å²) < 4.78 is 0. The first-order valence-electron chi connectivity index (χ1n) is 13.1. The van der Waals surface area contributed by atoms with Crippen molar-refractivity contribution < 1.29 is 0 Å². The van der Waals surface area contributed by atoms with Crippen LogP contribution in [0.3, 0.4) is 0 Å². The van der Waals surface area contributed by atoms with E-state index in [9.17, 15) is 0 Å². The number of benzene rings is 2. The summed E-state index contributed by atoms with van der Waals surface area (Å²) in [6, 6.07) is 17.9. The van der Waals surface area contributed by atoms with E-state index in [1.165, 1.54) is 54.4 Å². The van der Waals surface area contributed by atoms with Gasteiger partial charge < -0.3 is 0 Å². The molecule has 0 spiro atoms. The van der Waals surface area contributed by atoms with Crippen molar-refractivity contribution in [2.24, 2.45) is 10.8 Å². The van der Waals surface area contributed by atoms with Gasteiger partial charge in [0.2, 0.25) is 0 Å². The molecule has 0 aromatic heterocycles. The Morgan fingerprint density at radius 2 is 0.667 bits per heavy atom. The molecule has 2 aromatic carbocycles. The molecule has 0 unspecified atom stereocenters. The molecule has 0 fully saturated rings. The van der Waals surface area contributed by atoms with Crippen molar-refractivity contribution in [1.29, 1.82) is 0 Å². The van der Waals surface area contributed by atoms with Gasteiger partial charge in [-0.25, -0.2) is 0 Å². The van der Waals surface area contributed by atoms with Gasteiger partial charge in [-0.15, -0.1) is 0 Å². The fourth-order valence-corrected chi connectivity index (χ4v) is 3.81. The predicted molar refractivity (Wildman–Crippen MR) is 151 cm³/mol.